The number of hydrogen-bond acceptors (Lipinski definition) is 7. The highest BCUT2D eigenvalue weighted by Gasteiger charge is 2.38. The van der Waals surface area contributed by atoms with Crippen LogP contribution in [0.15, 0.2) is 24.3 Å². The van der Waals surface area contributed by atoms with E-state index >= 15 is 0 Å². The van der Waals surface area contributed by atoms with Crippen molar-refractivity contribution in [2.75, 3.05) is 17.2 Å². The lowest BCUT2D eigenvalue weighted by molar-refractivity contribution is 0.191. The number of thiazole rings is 1. The second-order valence-electron chi connectivity index (χ2n) is 8.79. The van der Waals surface area contributed by atoms with Crippen LogP contribution in [0.2, 0.25) is 0 Å². The topological polar surface area (TPSA) is 83.0 Å². The average molecular weight is 426 g/mol. The van der Waals surface area contributed by atoms with Crippen LogP contribution in [0, 0.1) is 24.7 Å². The number of aryl methyl sites for hydroxylation is 1. The van der Waals surface area contributed by atoms with E-state index in [0.717, 1.165) is 38.7 Å². The summed E-state index contributed by atoms with van der Waals surface area (Å²) in [6.45, 7) is 10.9. The summed E-state index contributed by atoms with van der Waals surface area (Å²) in [6.07, 6.45) is 0.939. The van der Waals surface area contributed by atoms with E-state index in [1.807, 2.05) is 25.1 Å². The van der Waals surface area contributed by atoms with Crippen molar-refractivity contribution in [1.82, 2.24) is 15.0 Å². The number of aliphatic hydroxyl groups is 1. The summed E-state index contributed by atoms with van der Waals surface area (Å²) in [5.41, 5.74) is 2.88. The Morgan fingerprint density at radius 2 is 1.90 bits per heavy atom. The molecule has 0 aliphatic heterocycles. The number of para-hydroxylation sites is 1. The lowest BCUT2D eigenvalue weighted by Gasteiger charge is -2.23. The van der Waals surface area contributed by atoms with Crippen molar-refractivity contribution >= 4 is 33.3 Å². The van der Waals surface area contributed by atoms with Crippen molar-refractivity contribution in [2.24, 2.45) is 17.8 Å². The number of aromatic nitrogens is 3. The molecule has 2 heterocycles. The Kier molecular flexibility index (Phi) is 5.93. The predicted octanol–water partition coefficient (Wildman–Crippen LogP) is 4.95. The van der Waals surface area contributed by atoms with Crippen LogP contribution in [0.1, 0.15) is 39.8 Å². The lowest BCUT2D eigenvalue weighted by Crippen LogP contribution is -2.25. The molecule has 0 bridgehead atoms. The van der Waals surface area contributed by atoms with Crippen molar-refractivity contribution in [3.8, 4) is 10.6 Å². The van der Waals surface area contributed by atoms with E-state index in [4.69, 9.17) is 15.0 Å². The molecule has 160 valence electrons. The first-order valence-electron chi connectivity index (χ1n) is 10.8. The summed E-state index contributed by atoms with van der Waals surface area (Å²) in [7, 11) is 0. The molecule has 1 aromatic carbocycles. The zero-order valence-corrected chi connectivity index (χ0v) is 19.1. The van der Waals surface area contributed by atoms with Gasteiger partial charge in [0.05, 0.1) is 21.5 Å². The third-order valence-electron chi connectivity index (χ3n) is 6.34. The molecule has 1 aliphatic rings. The van der Waals surface area contributed by atoms with E-state index in [2.05, 4.69) is 44.4 Å². The van der Waals surface area contributed by atoms with Crippen LogP contribution >= 0.6 is 11.3 Å². The smallest absolute Gasteiger partial charge is 0.225 e. The summed E-state index contributed by atoms with van der Waals surface area (Å²) >= 11 is 1.67. The van der Waals surface area contributed by atoms with E-state index < -0.39 is 0 Å². The fraction of sp³-hybridized carbons (Fsp3) is 0.522. The van der Waals surface area contributed by atoms with E-state index in [9.17, 15) is 5.11 Å². The Hall–Kier alpha value is -2.25. The van der Waals surface area contributed by atoms with Gasteiger partial charge < -0.3 is 15.7 Å². The van der Waals surface area contributed by atoms with Crippen molar-refractivity contribution < 1.29 is 5.11 Å². The summed E-state index contributed by atoms with van der Waals surface area (Å²) in [5, 5.41) is 17.8. The molecule has 3 N–H and O–H groups in total. The van der Waals surface area contributed by atoms with Gasteiger partial charge in [0.15, 0.2) is 0 Å². The number of fused-ring (bicyclic) bond motifs is 1. The maximum Gasteiger partial charge on any atom is 0.225 e. The zero-order valence-electron chi connectivity index (χ0n) is 18.3. The van der Waals surface area contributed by atoms with Crippen LogP contribution < -0.4 is 10.6 Å². The molecule has 0 unspecified atom stereocenters. The molecular weight excluding hydrogens is 394 g/mol. The van der Waals surface area contributed by atoms with Gasteiger partial charge >= 0.3 is 0 Å². The molecule has 0 saturated heterocycles. The van der Waals surface area contributed by atoms with Crippen LogP contribution in [-0.4, -0.2) is 38.7 Å². The Morgan fingerprint density at radius 1 is 1.13 bits per heavy atom. The lowest BCUT2D eigenvalue weighted by atomic mass is 9.92. The minimum atomic E-state index is 0.234. The predicted molar refractivity (Wildman–Crippen MR) is 125 cm³/mol. The Morgan fingerprint density at radius 3 is 2.57 bits per heavy atom. The van der Waals surface area contributed by atoms with Crippen LogP contribution in [0.25, 0.3) is 20.8 Å². The molecule has 1 aliphatic carbocycles. The van der Waals surface area contributed by atoms with Crippen molar-refractivity contribution in [3.63, 3.8) is 0 Å². The van der Waals surface area contributed by atoms with Crippen LogP contribution in [-0.2, 0) is 0 Å². The fourth-order valence-corrected chi connectivity index (χ4v) is 5.46. The molecule has 6 nitrogen and oxygen atoms in total. The number of anilines is 2. The first-order valence-corrected chi connectivity index (χ1v) is 11.6. The maximum absolute atomic E-state index is 9.77. The van der Waals surface area contributed by atoms with Gasteiger partial charge in [0.25, 0.3) is 0 Å². The third kappa shape index (κ3) is 4.01. The van der Waals surface area contributed by atoms with Gasteiger partial charge in [0, 0.05) is 18.7 Å². The van der Waals surface area contributed by atoms with E-state index in [1.54, 1.807) is 11.3 Å². The summed E-state index contributed by atoms with van der Waals surface area (Å²) in [6, 6.07) is 8.70. The van der Waals surface area contributed by atoms with E-state index in [-0.39, 0.29) is 18.7 Å². The zero-order chi connectivity index (χ0) is 21.4. The molecule has 4 atom stereocenters. The van der Waals surface area contributed by atoms with Gasteiger partial charge in [-0.3, -0.25) is 0 Å². The minimum Gasteiger partial charge on any atom is -0.396 e. The number of rotatable bonds is 6. The summed E-state index contributed by atoms with van der Waals surface area (Å²) < 4.78 is 1.16. The first kappa shape index (κ1) is 21.0. The summed E-state index contributed by atoms with van der Waals surface area (Å²) in [5.74, 6) is 2.69. The number of nitrogens with zero attached hydrogens (tertiary/aromatic N) is 3. The number of hydrogen-bond donors (Lipinski definition) is 3. The number of aliphatic hydroxyl groups excluding tert-OH is 1. The number of nitrogens with one attached hydrogen (secondary N) is 2. The molecule has 7 heteroatoms. The summed E-state index contributed by atoms with van der Waals surface area (Å²) in [4.78, 5) is 14.5. The molecule has 2 aromatic heterocycles. The highest BCUT2D eigenvalue weighted by Crippen LogP contribution is 2.41. The molecule has 1 saturated carbocycles. The second kappa shape index (κ2) is 8.47. The normalized spacial score (nSPS) is 24.0. The van der Waals surface area contributed by atoms with Gasteiger partial charge in [0.2, 0.25) is 5.95 Å². The SMILES string of the molecule is Cc1nc(NC(C)C)nc(N[C@@H]2C[C@H](CO)[C@@H](C)[C@H]2C)c1-c1nc2ccccc2s1. The highest BCUT2D eigenvalue weighted by atomic mass is 32.1. The van der Waals surface area contributed by atoms with Crippen molar-refractivity contribution in [1.29, 1.82) is 0 Å². The molecule has 4 rings (SSSR count). The van der Waals surface area contributed by atoms with E-state index in [1.165, 1.54) is 0 Å². The first-order chi connectivity index (χ1) is 14.4. The monoisotopic (exact) mass is 425 g/mol. The Balaban J connectivity index is 1.77. The molecule has 0 amide bonds. The van der Waals surface area contributed by atoms with Gasteiger partial charge in [-0.2, -0.15) is 4.98 Å². The minimum absolute atomic E-state index is 0.234. The quantitative estimate of drug-likeness (QED) is 0.518. The largest absolute Gasteiger partial charge is 0.396 e. The molecule has 3 aromatic rings. The van der Waals surface area contributed by atoms with Crippen LogP contribution in [0.5, 0.6) is 0 Å². The van der Waals surface area contributed by atoms with Crippen molar-refractivity contribution in [3.05, 3.63) is 30.0 Å². The highest BCUT2D eigenvalue weighted by molar-refractivity contribution is 7.21. The van der Waals surface area contributed by atoms with E-state index in [0.29, 0.717) is 23.7 Å². The molecular formula is C23H31N5OS. The Bertz CT molecular complexity index is 1000. The number of benzene rings is 1. The average Bonchev–Trinajstić information content (AvgIpc) is 3.23. The van der Waals surface area contributed by atoms with Gasteiger partial charge in [-0.15, -0.1) is 11.3 Å². The maximum atomic E-state index is 9.77. The van der Waals surface area contributed by atoms with Crippen LogP contribution in [0.3, 0.4) is 0 Å². The molecule has 1 fully saturated rings. The second-order valence-corrected chi connectivity index (χ2v) is 9.82. The Labute approximate surface area is 182 Å². The molecule has 30 heavy (non-hydrogen) atoms. The van der Waals surface area contributed by atoms with Gasteiger partial charge in [-0.05, 0) is 57.1 Å². The van der Waals surface area contributed by atoms with Gasteiger partial charge in [0.1, 0.15) is 10.8 Å². The molecule has 0 radical (unpaired) electrons. The standard InChI is InChI=1S/C23H31N5OS/c1-12(2)24-23-25-15(5)20(22-27-17-8-6-7-9-19(17)30-22)21(28-23)26-18-10-16(11-29)13(3)14(18)4/h6-9,12-14,16,18,29H,10-11H2,1-5H3,(H2,24,25,26,28)/t13-,14+,16+,18+/m0/s1. The van der Waals surface area contributed by atoms with Gasteiger partial charge in [-0.1, -0.05) is 26.0 Å². The van der Waals surface area contributed by atoms with Crippen molar-refractivity contribution in [2.45, 2.75) is 53.1 Å². The van der Waals surface area contributed by atoms with Crippen LogP contribution in [0.4, 0.5) is 11.8 Å². The fourth-order valence-electron chi connectivity index (χ4n) is 4.39. The van der Waals surface area contributed by atoms with Gasteiger partial charge in [-0.25, -0.2) is 9.97 Å². The molecule has 0 spiro atoms. The third-order valence-corrected chi connectivity index (χ3v) is 7.39.